The molecule has 1 aromatic carbocycles. The molecule has 1 aromatic rings. The number of hydrogen-bond acceptors (Lipinski definition) is 4. The summed E-state index contributed by atoms with van der Waals surface area (Å²) in [4.78, 5) is 10.2. The third-order valence-corrected chi connectivity index (χ3v) is 3.31. The van der Waals surface area contributed by atoms with Crippen molar-refractivity contribution in [3.05, 3.63) is 39.9 Å². The van der Waals surface area contributed by atoms with E-state index in [1.54, 1.807) is 12.1 Å². The van der Waals surface area contributed by atoms with Crippen LogP contribution in [0.1, 0.15) is 38.0 Å². The molecule has 0 spiro atoms. The van der Waals surface area contributed by atoms with Crippen LogP contribution < -0.4 is 0 Å². The van der Waals surface area contributed by atoms with E-state index in [9.17, 15) is 10.1 Å². The lowest BCUT2D eigenvalue weighted by atomic mass is 10.0. The molecule has 1 fully saturated rings. The predicted molar refractivity (Wildman–Crippen MR) is 70.8 cm³/mol. The van der Waals surface area contributed by atoms with Gasteiger partial charge in [0.15, 0.2) is 6.29 Å². The first-order valence-corrected chi connectivity index (χ1v) is 6.68. The number of non-ortho nitro benzene ring substituents is 1. The van der Waals surface area contributed by atoms with E-state index < -0.39 is 11.2 Å². The first kappa shape index (κ1) is 14.0. The van der Waals surface area contributed by atoms with Crippen LogP contribution in [0.15, 0.2) is 24.3 Å². The molecule has 2 rings (SSSR count). The van der Waals surface area contributed by atoms with Crippen molar-refractivity contribution in [2.75, 3.05) is 13.2 Å². The predicted octanol–water partition coefficient (Wildman–Crippen LogP) is 3.45. The van der Waals surface area contributed by atoms with Crippen molar-refractivity contribution in [3.63, 3.8) is 0 Å². The zero-order valence-electron chi connectivity index (χ0n) is 11.1. The fraction of sp³-hybridized carbons (Fsp3) is 0.571. The largest absolute Gasteiger partial charge is 0.348 e. The highest BCUT2D eigenvalue weighted by atomic mass is 16.7. The first-order chi connectivity index (χ1) is 9.20. The van der Waals surface area contributed by atoms with Gasteiger partial charge in [0.1, 0.15) is 0 Å². The summed E-state index contributed by atoms with van der Waals surface area (Å²) < 4.78 is 11.4. The Hall–Kier alpha value is -1.46. The fourth-order valence-corrected chi connectivity index (χ4v) is 2.15. The van der Waals surface area contributed by atoms with Crippen molar-refractivity contribution in [2.45, 2.75) is 32.5 Å². The van der Waals surface area contributed by atoms with Crippen LogP contribution in [-0.2, 0) is 9.47 Å². The number of nitrogens with zero attached hydrogens (tertiary/aromatic N) is 1. The molecule has 1 heterocycles. The molecule has 1 aliphatic heterocycles. The van der Waals surface area contributed by atoms with Gasteiger partial charge in [-0.2, -0.15) is 0 Å². The van der Waals surface area contributed by atoms with E-state index >= 15 is 0 Å². The normalized spacial score (nSPS) is 23.2. The van der Waals surface area contributed by atoms with Gasteiger partial charge in [-0.1, -0.05) is 19.8 Å². The van der Waals surface area contributed by atoms with Crippen LogP contribution in [0.3, 0.4) is 0 Å². The third kappa shape index (κ3) is 3.75. The van der Waals surface area contributed by atoms with Crippen molar-refractivity contribution in [3.8, 4) is 0 Å². The van der Waals surface area contributed by atoms with E-state index in [4.69, 9.17) is 9.47 Å². The van der Waals surface area contributed by atoms with Gasteiger partial charge >= 0.3 is 0 Å². The number of unbranched alkanes of at least 4 members (excludes halogenated alkanes) is 1. The number of rotatable bonds is 5. The van der Waals surface area contributed by atoms with Crippen molar-refractivity contribution in [1.82, 2.24) is 0 Å². The number of benzene rings is 1. The average Bonchev–Trinajstić information content (AvgIpc) is 2.46. The molecule has 0 aliphatic carbocycles. The summed E-state index contributed by atoms with van der Waals surface area (Å²) in [6.07, 6.45) is 3.12. The smallest absolute Gasteiger partial charge is 0.269 e. The molecule has 0 radical (unpaired) electrons. The van der Waals surface area contributed by atoms with Crippen LogP contribution in [0.2, 0.25) is 0 Å². The monoisotopic (exact) mass is 265 g/mol. The maximum Gasteiger partial charge on any atom is 0.269 e. The molecule has 104 valence electrons. The maximum atomic E-state index is 10.6. The third-order valence-electron chi connectivity index (χ3n) is 3.31. The second-order valence-corrected chi connectivity index (χ2v) is 4.86. The van der Waals surface area contributed by atoms with Gasteiger partial charge in [0.05, 0.1) is 18.1 Å². The quantitative estimate of drug-likeness (QED) is 0.604. The molecular weight excluding hydrogens is 246 g/mol. The minimum Gasteiger partial charge on any atom is -0.348 e. The van der Waals surface area contributed by atoms with Crippen LogP contribution >= 0.6 is 0 Å². The van der Waals surface area contributed by atoms with Crippen molar-refractivity contribution < 1.29 is 14.4 Å². The van der Waals surface area contributed by atoms with Gasteiger partial charge in [-0.3, -0.25) is 10.1 Å². The summed E-state index contributed by atoms with van der Waals surface area (Å²) in [5, 5.41) is 10.6. The Morgan fingerprint density at radius 3 is 2.42 bits per heavy atom. The van der Waals surface area contributed by atoms with E-state index in [0.717, 1.165) is 12.0 Å². The van der Waals surface area contributed by atoms with Crippen molar-refractivity contribution in [1.29, 1.82) is 0 Å². The molecule has 0 unspecified atom stereocenters. The van der Waals surface area contributed by atoms with Crippen LogP contribution in [0.25, 0.3) is 0 Å². The van der Waals surface area contributed by atoms with Gasteiger partial charge in [0.25, 0.3) is 5.69 Å². The molecule has 0 amide bonds. The van der Waals surface area contributed by atoms with Gasteiger partial charge < -0.3 is 9.47 Å². The van der Waals surface area contributed by atoms with Crippen LogP contribution in [0.5, 0.6) is 0 Å². The van der Waals surface area contributed by atoms with Crippen LogP contribution in [0.4, 0.5) is 5.69 Å². The Labute approximate surface area is 112 Å². The van der Waals surface area contributed by atoms with Gasteiger partial charge in [-0.05, 0) is 18.6 Å². The van der Waals surface area contributed by atoms with E-state index in [2.05, 4.69) is 6.92 Å². The van der Waals surface area contributed by atoms with E-state index in [0.29, 0.717) is 19.1 Å². The van der Waals surface area contributed by atoms with Gasteiger partial charge in [0, 0.05) is 23.6 Å². The molecule has 0 aromatic heterocycles. The highest BCUT2D eigenvalue weighted by Gasteiger charge is 2.23. The Morgan fingerprint density at radius 2 is 1.89 bits per heavy atom. The minimum atomic E-state index is -0.410. The summed E-state index contributed by atoms with van der Waals surface area (Å²) >= 11 is 0. The highest BCUT2D eigenvalue weighted by molar-refractivity contribution is 5.33. The second kappa shape index (κ2) is 6.63. The van der Waals surface area contributed by atoms with Crippen LogP contribution in [0, 0.1) is 16.0 Å². The zero-order valence-corrected chi connectivity index (χ0v) is 11.1. The van der Waals surface area contributed by atoms with Gasteiger partial charge in [-0.15, -0.1) is 0 Å². The number of nitro groups is 1. The van der Waals surface area contributed by atoms with Crippen molar-refractivity contribution >= 4 is 5.69 Å². The molecule has 0 saturated carbocycles. The van der Waals surface area contributed by atoms with Crippen molar-refractivity contribution in [2.24, 2.45) is 5.92 Å². The summed E-state index contributed by atoms with van der Waals surface area (Å²) in [6, 6.07) is 6.33. The standard InChI is InChI=1S/C14H19NO4/c1-2-3-4-11-9-18-14(19-10-11)12-5-7-13(8-6-12)15(16)17/h5-8,11,14H,2-4,9-10H2,1H3/t11-,14-. The molecule has 5 nitrogen and oxygen atoms in total. The number of hydrogen-bond donors (Lipinski definition) is 0. The molecule has 1 saturated heterocycles. The molecule has 0 atom stereocenters. The van der Waals surface area contributed by atoms with E-state index in [-0.39, 0.29) is 5.69 Å². The Balaban J connectivity index is 1.88. The lowest BCUT2D eigenvalue weighted by Gasteiger charge is -2.29. The summed E-state index contributed by atoms with van der Waals surface area (Å²) in [7, 11) is 0. The Kier molecular flexibility index (Phi) is 4.87. The van der Waals surface area contributed by atoms with E-state index in [1.807, 2.05) is 0 Å². The molecule has 0 bridgehead atoms. The topological polar surface area (TPSA) is 61.6 Å². The fourth-order valence-electron chi connectivity index (χ4n) is 2.15. The second-order valence-electron chi connectivity index (χ2n) is 4.86. The lowest BCUT2D eigenvalue weighted by molar-refractivity contribution is -0.384. The van der Waals surface area contributed by atoms with E-state index in [1.165, 1.54) is 25.0 Å². The maximum absolute atomic E-state index is 10.6. The van der Waals surface area contributed by atoms with Crippen LogP contribution in [-0.4, -0.2) is 18.1 Å². The Morgan fingerprint density at radius 1 is 1.26 bits per heavy atom. The first-order valence-electron chi connectivity index (χ1n) is 6.68. The number of ether oxygens (including phenoxy) is 2. The summed E-state index contributed by atoms with van der Waals surface area (Å²) in [5.41, 5.74) is 0.917. The molecule has 0 N–H and O–H groups in total. The molecule has 19 heavy (non-hydrogen) atoms. The molecule has 1 aliphatic rings. The molecule has 5 heteroatoms. The average molecular weight is 265 g/mol. The number of nitro benzene ring substituents is 1. The Bertz CT molecular complexity index is 410. The summed E-state index contributed by atoms with van der Waals surface area (Å²) in [5.74, 6) is 0.467. The highest BCUT2D eigenvalue weighted by Crippen LogP contribution is 2.28. The zero-order chi connectivity index (χ0) is 13.7. The summed E-state index contributed by atoms with van der Waals surface area (Å²) in [6.45, 7) is 3.56. The SMILES string of the molecule is CCCC[C@H]1CO[C@H](c2ccc([N+](=O)[O-])cc2)OC1. The minimum absolute atomic E-state index is 0.0837. The molecular formula is C14H19NO4. The van der Waals surface area contributed by atoms with Gasteiger partial charge in [-0.25, -0.2) is 0 Å². The lowest BCUT2D eigenvalue weighted by Crippen LogP contribution is -2.27. The van der Waals surface area contributed by atoms with Gasteiger partial charge in [0.2, 0.25) is 0 Å².